The van der Waals surface area contributed by atoms with Crippen LogP contribution >= 0.6 is 19.4 Å². The molecule has 5 nitrogen and oxygen atoms in total. The van der Waals surface area contributed by atoms with Crippen molar-refractivity contribution >= 4 is 25.3 Å². The van der Waals surface area contributed by atoms with E-state index in [-0.39, 0.29) is 11.7 Å². The van der Waals surface area contributed by atoms with Gasteiger partial charge in [-0.15, -0.1) is 11.8 Å². The smallest absolute Gasteiger partial charge is 0.331 e. The predicted molar refractivity (Wildman–Crippen MR) is 69.7 cm³/mol. The minimum absolute atomic E-state index is 0.250. The molecule has 0 aliphatic heterocycles. The average molecular weight is 284 g/mol. The molecule has 0 spiro atoms. The van der Waals surface area contributed by atoms with E-state index in [9.17, 15) is 9.36 Å². The molecule has 0 aromatic heterocycles. The summed E-state index contributed by atoms with van der Waals surface area (Å²) in [5.41, 5.74) is 0. The highest BCUT2D eigenvalue weighted by molar-refractivity contribution is 8.00. The lowest BCUT2D eigenvalue weighted by atomic mass is 10.8. The lowest BCUT2D eigenvalue weighted by Gasteiger charge is -2.16. The van der Waals surface area contributed by atoms with Crippen LogP contribution in [-0.4, -0.2) is 43.5 Å². The number of esters is 1. The molecule has 0 rings (SSSR count). The molecule has 7 heteroatoms. The van der Waals surface area contributed by atoms with E-state index in [2.05, 4.69) is 0 Å². The van der Waals surface area contributed by atoms with Gasteiger partial charge >= 0.3 is 13.6 Å². The van der Waals surface area contributed by atoms with Crippen LogP contribution in [0.3, 0.4) is 0 Å². The van der Waals surface area contributed by atoms with Gasteiger partial charge in [-0.2, -0.15) is 0 Å². The van der Waals surface area contributed by atoms with Crippen LogP contribution in [0.5, 0.6) is 0 Å². The van der Waals surface area contributed by atoms with Crippen molar-refractivity contribution in [3.8, 4) is 0 Å². The summed E-state index contributed by atoms with van der Waals surface area (Å²) in [5, 5.41) is 0. The van der Waals surface area contributed by atoms with Crippen molar-refractivity contribution in [3.05, 3.63) is 0 Å². The minimum atomic E-state index is -2.97. The molecule has 0 aromatic carbocycles. The summed E-state index contributed by atoms with van der Waals surface area (Å²) in [7, 11) is -2.97. The monoisotopic (exact) mass is 284 g/mol. The Morgan fingerprint density at radius 1 is 1.12 bits per heavy atom. The van der Waals surface area contributed by atoms with E-state index in [1.54, 1.807) is 20.8 Å². The Kier molecular flexibility index (Phi) is 9.93. The Morgan fingerprint density at radius 3 is 2.18 bits per heavy atom. The summed E-state index contributed by atoms with van der Waals surface area (Å²) in [5.74, 6) is 0.572. The molecule has 0 N–H and O–H groups in total. The largest absolute Gasteiger partial charge is 0.465 e. The molecular weight excluding hydrogens is 263 g/mol. The molecule has 0 aliphatic rings. The molecule has 0 aliphatic carbocycles. The van der Waals surface area contributed by atoms with Gasteiger partial charge in [-0.3, -0.25) is 9.36 Å². The molecule has 0 saturated heterocycles. The summed E-state index contributed by atoms with van der Waals surface area (Å²) >= 11 is 1.37. The molecule has 0 saturated carbocycles. The van der Waals surface area contributed by atoms with Gasteiger partial charge in [-0.25, -0.2) is 0 Å². The van der Waals surface area contributed by atoms with E-state index in [1.807, 2.05) is 0 Å². The Bertz CT molecular complexity index is 249. The molecule has 0 bridgehead atoms. The third-order valence-electron chi connectivity index (χ3n) is 1.69. The number of hydrogen-bond acceptors (Lipinski definition) is 6. The van der Waals surface area contributed by atoms with Gasteiger partial charge in [0, 0.05) is 5.75 Å². The fourth-order valence-corrected chi connectivity index (χ4v) is 4.02. The SMILES string of the molecule is CCOC(=O)CSCCP(=O)(OCC)OCC. The van der Waals surface area contributed by atoms with Crippen molar-refractivity contribution in [1.29, 1.82) is 0 Å². The molecule has 17 heavy (non-hydrogen) atoms. The fourth-order valence-electron chi connectivity index (χ4n) is 1.09. The number of hydrogen-bond donors (Lipinski definition) is 0. The van der Waals surface area contributed by atoms with Gasteiger partial charge in [0.1, 0.15) is 0 Å². The predicted octanol–water partition coefficient (Wildman–Crippen LogP) is 2.55. The van der Waals surface area contributed by atoms with Gasteiger partial charge in [-0.05, 0) is 20.8 Å². The van der Waals surface area contributed by atoms with Crippen LogP contribution < -0.4 is 0 Å². The Labute approximate surface area is 107 Å². The first kappa shape index (κ1) is 17.0. The minimum Gasteiger partial charge on any atom is -0.465 e. The van der Waals surface area contributed by atoms with Crippen molar-refractivity contribution in [2.45, 2.75) is 20.8 Å². The van der Waals surface area contributed by atoms with Crippen molar-refractivity contribution in [2.75, 3.05) is 37.5 Å². The number of carbonyl (C=O) groups is 1. The number of carbonyl (C=O) groups excluding carboxylic acids is 1. The Balaban J connectivity index is 3.82. The Morgan fingerprint density at radius 2 is 1.71 bits per heavy atom. The van der Waals surface area contributed by atoms with Gasteiger partial charge in [0.15, 0.2) is 0 Å². The summed E-state index contributed by atoms with van der Waals surface area (Å²) in [4.78, 5) is 11.0. The fraction of sp³-hybridized carbons (Fsp3) is 0.900. The van der Waals surface area contributed by atoms with E-state index >= 15 is 0 Å². The second-order valence-corrected chi connectivity index (χ2v) is 6.32. The average Bonchev–Trinajstić information content (AvgIpc) is 2.26. The quantitative estimate of drug-likeness (QED) is 0.349. The first-order chi connectivity index (χ1) is 8.08. The summed E-state index contributed by atoms with van der Waals surface area (Å²) in [6, 6.07) is 0. The van der Waals surface area contributed by atoms with Crippen LogP contribution in [0.1, 0.15) is 20.8 Å². The topological polar surface area (TPSA) is 61.8 Å². The highest BCUT2D eigenvalue weighted by Crippen LogP contribution is 2.48. The summed E-state index contributed by atoms with van der Waals surface area (Å²) < 4.78 is 27.0. The molecule has 0 aromatic rings. The molecule has 0 unspecified atom stereocenters. The zero-order valence-corrected chi connectivity index (χ0v) is 12.4. The van der Waals surface area contributed by atoms with Crippen LogP contribution in [-0.2, 0) is 23.1 Å². The Hall–Kier alpha value is -0.0300. The standard InChI is InChI=1S/C10H21O5PS/c1-4-13-10(11)9-17-8-7-16(12,14-5-2)15-6-3/h4-9H2,1-3H3. The van der Waals surface area contributed by atoms with E-state index in [0.717, 1.165) is 0 Å². The third kappa shape index (κ3) is 8.66. The van der Waals surface area contributed by atoms with Crippen LogP contribution in [0.4, 0.5) is 0 Å². The molecule has 0 heterocycles. The van der Waals surface area contributed by atoms with Crippen LogP contribution in [0.25, 0.3) is 0 Å². The molecule has 0 amide bonds. The maximum absolute atomic E-state index is 12.0. The molecule has 0 fully saturated rings. The normalized spacial score (nSPS) is 11.5. The highest BCUT2D eigenvalue weighted by atomic mass is 32.2. The molecular formula is C10H21O5PS. The van der Waals surface area contributed by atoms with Crippen molar-refractivity contribution < 1.29 is 23.1 Å². The van der Waals surface area contributed by atoms with E-state index < -0.39 is 7.60 Å². The summed E-state index contributed by atoms with van der Waals surface area (Å²) in [6.07, 6.45) is 0.318. The highest BCUT2D eigenvalue weighted by Gasteiger charge is 2.22. The number of thioether (sulfide) groups is 1. The van der Waals surface area contributed by atoms with Gasteiger partial charge in [0.05, 0.1) is 31.7 Å². The van der Waals surface area contributed by atoms with Crippen LogP contribution in [0, 0.1) is 0 Å². The zero-order valence-electron chi connectivity index (χ0n) is 10.6. The first-order valence-corrected chi connectivity index (χ1v) is 8.57. The van der Waals surface area contributed by atoms with Crippen molar-refractivity contribution in [2.24, 2.45) is 0 Å². The number of rotatable bonds is 10. The zero-order chi connectivity index (χ0) is 13.1. The van der Waals surface area contributed by atoms with Crippen molar-refractivity contribution in [3.63, 3.8) is 0 Å². The molecule has 0 radical (unpaired) electrons. The second kappa shape index (κ2) is 9.95. The van der Waals surface area contributed by atoms with Gasteiger partial charge in [0.25, 0.3) is 0 Å². The van der Waals surface area contributed by atoms with Crippen LogP contribution in [0.2, 0.25) is 0 Å². The number of ether oxygens (including phenoxy) is 1. The van der Waals surface area contributed by atoms with Crippen LogP contribution in [0.15, 0.2) is 0 Å². The maximum atomic E-state index is 12.0. The van der Waals surface area contributed by atoms with Gasteiger partial charge < -0.3 is 13.8 Å². The molecule has 0 atom stereocenters. The van der Waals surface area contributed by atoms with E-state index in [0.29, 0.717) is 31.7 Å². The van der Waals surface area contributed by atoms with Crippen molar-refractivity contribution in [1.82, 2.24) is 0 Å². The lowest BCUT2D eigenvalue weighted by Crippen LogP contribution is -2.08. The summed E-state index contributed by atoms with van der Waals surface area (Å²) in [6.45, 7) is 6.42. The van der Waals surface area contributed by atoms with Gasteiger partial charge in [-0.1, -0.05) is 0 Å². The van der Waals surface area contributed by atoms with Gasteiger partial charge in [0.2, 0.25) is 0 Å². The second-order valence-electron chi connectivity index (χ2n) is 3.03. The first-order valence-electron chi connectivity index (χ1n) is 5.69. The molecule has 102 valence electrons. The van der Waals surface area contributed by atoms with E-state index in [4.69, 9.17) is 13.8 Å². The maximum Gasteiger partial charge on any atom is 0.331 e. The lowest BCUT2D eigenvalue weighted by molar-refractivity contribution is -0.139. The van der Waals surface area contributed by atoms with E-state index in [1.165, 1.54) is 11.8 Å². The third-order valence-corrected chi connectivity index (χ3v) is 5.00.